The van der Waals surface area contributed by atoms with Gasteiger partial charge < -0.3 is 5.73 Å². The topological polar surface area (TPSA) is 76.3 Å². The van der Waals surface area contributed by atoms with Crippen LogP contribution >= 0.6 is 0 Å². The zero-order valence-electron chi connectivity index (χ0n) is 14.7. The molecule has 1 aromatic heterocycles. The number of pyridine rings is 1. The fourth-order valence-electron chi connectivity index (χ4n) is 3.31. The van der Waals surface area contributed by atoms with Gasteiger partial charge in [-0.15, -0.1) is 0 Å². The van der Waals surface area contributed by atoms with Crippen LogP contribution < -0.4 is 5.73 Å². The molecule has 1 saturated heterocycles. The van der Waals surface area contributed by atoms with Crippen LogP contribution in [0.4, 0.5) is 14.5 Å². The molecule has 2 heterocycles. The van der Waals surface area contributed by atoms with Crippen molar-refractivity contribution >= 4 is 15.7 Å². The Hall–Kier alpha value is -2.06. The molecule has 0 unspecified atom stereocenters. The summed E-state index contributed by atoms with van der Waals surface area (Å²) in [4.78, 5) is 4.07. The Morgan fingerprint density at radius 2 is 1.92 bits per heavy atom. The summed E-state index contributed by atoms with van der Waals surface area (Å²) in [5.74, 6) is -3.00. The number of aryl methyl sites for hydroxylation is 2. The van der Waals surface area contributed by atoms with Crippen molar-refractivity contribution in [3.63, 3.8) is 0 Å². The number of sulfonamides is 1. The molecule has 26 heavy (non-hydrogen) atoms. The Bertz CT molecular complexity index is 945. The van der Waals surface area contributed by atoms with Crippen LogP contribution in [0.25, 0.3) is 11.1 Å². The van der Waals surface area contributed by atoms with Gasteiger partial charge in [0.2, 0.25) is 10.0 Å². The first-order valence-electron chi connectivity index (χ1n) is 8.31. The van der Waals surface area contributed by atoms with Gasteiger partial charge in [-0.05, 0) is 49.1 Å². The summed E-state index contributed by atoms with van der Waals surface area (Å²) >= 11 is 0. The summed E-state index contributed by atoms with van der Waals surface area (Å²) in [7, 11) is -4.03. The lowest BCUT2D eigenvalue weighted by Crippen LogP contribution is -2.45. The number of nitrogen functional groups attached to an aromatic ring is 1. The predicted molar refractivity (Wildman–Crippen MR) is 96.5 cm³/mol. The van der Waals surface area contributed by atoms with Crippen LogP contribution in [0.15, 0.2) is 35.5 Å². The molecule has 3 rings (SSSR count). The average Bonchev–Trinajstić information content (AvgIpc) is 2.55. The summed E-state index contributed by atoms with van der Waals surface area (Å²) in [6.45, 7) is 2.82. The van der Waals surface area contributed by atoms with E-state index in [-0.39, 0.29) is 24.3 Å². The van der Waals surface area contributed by atoms with E-state index in [0.29, 0.717) is 22.4 Å². The van der Waals surface area contributed by atoms with Crippen LogP contribution in [0, 0.1) is 13.8 Å². The molecule has 8 heteroatoms. The first kappa shape index (κ1) is 18.7. The molecule has 0 spiro atoms. The number of aromatic nitrogens is 1. The summed E-state index contributed by atoms with van der Waals surface area (Å²) in [5.41, 5.74) is 9.07. The van der Waals surface area contributed by atoms with Crippen molar-refractivity contribution in [1.29, 1.82) is 0 Å². The molecule has 2 aromatic rings. The molecule has 0 amide bonds. The second-order valence-electron chi connectivity index (χ2n) is 6.69. The Kier molecular flexibility index (Phi) is 4.74. The second-order valence-corrected chi connectivity index (χ2v) is 8.60. The van der Waals surface area contributed by atoms with Crippen LogP contribution in [0.5, 0.6) is 0 Å². The highest BCUT2D eigenvalue weighted by Crippen LogP contribution is 2.35. The van der Waals surface area contributed by atoms with E-state index in [4.69, 9.17) is 5.73 Å². The quantitative estimate of drug-likeness (QED) is 0.884. The maximum atomic E-state index is 13.7. The standard InChI is InChI=1S/C18H21F2N3O2S/c1-12-8-13(2)17(9-14(12)15-10-22-6-4-16(15)21)26(24,25)23-7-3-5-18(19,20)11-23/h4,6,8-10H,3,5,7,11H2,1-2H3,(H2,21,22). The van der Waals surface area contributed by atoms with Gasteiger partial charge in [0.25, 0.3) is 5.92 Å². The highest BCUT2D eigenvalue weighted by Gasteiger charge is 2.41. The Morgan fingerprint density at radius 3 is 2.58 bits per heavy atom. The maximum absolute atomic E-state index is 13.7. The molecule has 1 aliphatic heterocycles. The number of nitrogens with zero attached hydrogens (tertiary/aromatic N) is 2. The minimum Gasteiger partial charge on any atom is -0.398 e. The Labute approximate surface area is 151 Å². The van der Waals surface area contributed by atoms with Crippen molar-refractivity contribution in [3.05, 3.63) is 41.7 Å². The molecule has 1 fully saturated rings. The van der Waals surface area contributed by atoms with E-state index in [9.17, 15) is 17.2 Å². The van der Waals surface area contributed by atoms with Gasteiger partial charge in [0.1, 0.15) is 0 Å². The fraction of sp³-hybridized carbons (Fsp3) is 0.389. The molecular formula is C18H21F2N3O2S. The number of hydrogen-bond donors (Lipinski definition) is 1. The molecule has 0 radical (unpaired) electrons. The van der Waals surface area contributed by atoms with Crippen molar-refractivity contribution in [2.45, 2.75) is 37.5 Å². The third kappa shape index (κ3) is 3.43. The molecule has 1 aliphatic rings. The smallest absolute Gasteiger partial charge is 0.261 e. The van der Waals surface area contributed by atoms with Gasteiger partial charge in [0, 0.05) is 36.6 Å². The molecule has 0 bridgehead atoms. The summed E-state index contributed by atoms with van der Waals surface area (Å²) < 4.78 is 54.4. The molecule has 0 atom stereocenters. The first-order valence-corrected chi connectivity index (χ1v) is 9.75. The third-order valence-electron chi connectivity index (χ3n) is 4.64. The number of benzene rings is 1. The molecule has 0 aliphatic carbocycles. The van der Waals surface area contributed by atoms with E-state index in [1.807, 2.05) is 6.92 Å². The number of anilines is 1. The Balaban J connectivity index is 2.11. The van der Waals surface area contributed by atoms with E-state index in [0.717, 1.165) is 9.87 Å². The molecule has 2 N–H and O–H groups in total. The van der Waals surface area contributed by atoms with E-state index in [1.54, 1.807) is 31.5 Å². The minimum absolute atomic E-state index is 0.0269. The highest BCUT2D eigenvalue weighted by molar-refractivity contribution is 7.89. The van der Waals surface area contributed by atoms with Gasteiger partial charge in [0.15, 0.2) is 0 Å². The van der Waals surface area contributed by atoms with E-state index in [1.165, 1.54) is 6.07 Å². The second kappa shape index (κ2) is 6.59. The lowest BCUT2D eigenvalue weighted by molar-refractivity contribution is -0.0434. The van der Waals surface area contributed by atoms with Crippen LogP contribution in [0.1, 0.15) is 24.0 Å². The number of hydrogen-bond acceptors (Lipinski definition) is 4. The Morgan fingerprint density at radius 1 is 1.19 bits per heavy atom. The zero-order chi connectivity index (χ0) is 19.1. The third-order valence-corrected chi connectivity index (χ3v) is 6.63. The lowest BCUT2D eigenvalue weighted by atomic mass is 9.99. The van der Waals surface area contributed by atoms with Gasteiger partial charge in [-0.2, -0.15) is 4.31 Å². The number of rotatable bonds is 3. The fourth-order valence-corrected chi connectivity index (χ4v) is 5.04. The van der Waals surface area contributed by atoms with Crippen LogP contribution in [-0.2, 0) is 10.0 Å². The van der Waals surface area contributed by atoms with Gasteiger partial charge >= 0.3 is 0 Å². The number of halogens is 2. The number of nitrogens with two attached hydrogens (primary N) is 1. The van der Waals surface area contributed by atoms with Crippen LogP contribution in [-0.4, -0.2) is 36.7 Å². The molecular weight excluding hydrogens is 360 g/mol. The van der Waals surface area contributed by atoms with Crippen molar-refractivity contribution in [3.8, 4) is 11.1 Å². The summed E-state index contributed by atoms with van der Waals surface area (Å²) in [6, 6.07) is 4.88. The van der Waals surface area contributed by atoms with Crippen molar-refractivity contribution in [2.75, 3.05) is 18.8 Å². The largest absolute Gasteiger partial charge is 0.398 e. The van der Waals surface area contributed by atoms with Crippen molar-refractivity contribution < 1.29 is 17.2 Å². The SMILES string of the molecule is Cc1cc(C)c(S(=O)(=O)N2CCCC(F)(F)C2)cc1-c1cnccc1N. The molecule has 0 saturated carbocycles. The number of piperidine rings is 1. The summed E-state index contributed by atoms with van der Waals surface area (Å²) in [6.07, 6.45) is 2.97. The van der Waals surface area contributed by atoms with Crippen molar-refractivity contribution in [2.24, 2.45) is 0 Å². The van der Waals surface area contributed by atoms with Gasteiger partial charge in [-0.25, -0.2) is 17.2 Å². The first-order chi connectivity index (χ1) is 12.1. The zero-order valence-corrected chi connectivity index (χ0v) is 15.5. The molecule has 140 valence electrons. The summed E-state index contributed by atoms with van der Waals surface area (Å²) in [5, 5.41) is 0. The van der Waals surface area contributed by atoms with Gasteiger partial charge in [-0.1, -0.05) is 6.07 Å². The minimum atomic E-state index is -4.03. The molecule has 5 nitrogen and oxygen atoms in total. The van der Waals surface area contributed by atoms with E-state index >= 15 is 0 Å². The van der Waals surface area contributed by atoms with Gasteiger partial charge in [0.05, 0.1) is 11.4 Å². The monoisotopic (exact) mass is 381 g/mol. The van der Waals surface area contributed by atoms with Gasteiger partial charge in [-0.3, -0.25) is 4.98 Å². The maximum Gasteiger partial charge on any atom is 0.261 e. The van der Waals surface area contributed by atoms with Crippen LogP contribution in [0.3, 0.4) is 0 Å². The van der Waals surface area contributed by atoms with Crippen LogP contribution in [0.2, 0.25) is 0 Å². The average molecular weight is 381 g/mol. The molecule has 1 aromatic carbocycles. The van der Waals surface area contributed by atoms with Crippen molar-refractivity contribution in [1.82, 2.24) is 9.29 Å². The predicted octanol–water partition coefficient (Wildman–Crippen LogP) is 3.37. The number of alkyl halides is 2. The van der Waals surface area contributed by atoms with E-state index in [2.05, 4.69) is 4.98 Å². The van der Waals surface area contributed by atoms with E-state index < -0.39 is 22.5 Å². The normalized spacial score (nSPS) is 18.0. The highest BCUT2D eigenvalue weighted by atomic mass is 32.2. The lowest BCUT2D eigenvalue weighted by Gasteiger charge is -2.32.